The zero-order valence-electron chi connectivity index (χ0n) is 11.8. The van der Waals surface area contributed by atoms with Gasteiger partial charge in [0, 0.05) is 24.2 Å². The Morgan fingerprint density at radius 2 is 2.05 bits per heavy atom. The van der Waals surface area contributed by atoms with Gasteiger partial charge in [-0.15, -0.1) is 0 Å². The second-order valence-electron chi connectivity index (χ2n) is 5.42. The highest BCUT2D eigenvalue weighted by atomic mass is 16.1. The van der Waals surface area contributed by atoms with Crippen LogP contribution in [0.3, 0.4) is 0 Å². The van der Waals surface area contributed by atoms with E-state index in [-0.39, 0.29) is 11.9 Å². The monoisotopic (exact) mass is 260 g/mol. The Labute approximate surface area is 113 Å². The van der Waals surface area contributed by atoms with Crippen LogP contribution in [0.1, 0.15) is 44.1 Å². The number of amides is 1. The number of fused-ring (bicyclic) bond motifs is 1. The Morgan fingerprint density at radius 3 is 2.68 bits per heavy atom. The lowest BCUT2D eigenvalue weighted by Crippen LogP contribution is -2.27. The first-order valence-electron chi connectivity index (χ1n) is 6.60. The minimum atomic E-state index is -0.0830. The number of nitrogens with zero attached hydrogens (tertiary/aromatic N) is 3. The van der Waals surface area contributed by atoms with Gasteiger partial charge < -0.3 is 5.32 Å². The van der Waals surface area contributed by atoms with E-state index in [1.807, 2.05) is 10.7 Å². The zero-order valence-corrected chi connectivity index (χ0v) is 11.8. The van der Waals surface area contributed by atoms with Gasteiger partial charge in [-0.3, -0.25) is 4.79 Å². The van der Waals surface area contributed by atoms with Gasteiger partial charge in [0.15, 0.2) is 5.65 Å². The molecular formula is C14H20N4O. The number of nitrogens with one attached hydrogen (secondary N) is 1. The molecule has 5 nitrogen and oxygen atoms in total. The van der Waals surface area contributed by atoms with Crippen LogP contribution in [0.15, 0.2) is 18.5 Å². The molecule has 0 saturated heterocycles. The molecule has 0 saturated carbocycles. The molecule has 2 aromatic rings. The SMILES string of the molecule is CC(C)CNC(=O)c1cnc2c(cnn2C(C)C)c1. The molecular weight excluding hydrogens is 240 g/mol. The highest BCUT2D eigenvalue weighted by Crippen LogP contribution is 2.16. The highest BCUT2D eigenvalue weighted by molar-refractivity contribution is 5.96. The van der Waals surface area contributed by atoms with E-state index in [0.717, 1.165) is 11.0 Å². The van der Waals surface area contributed by atoms with Crippen LogP contribution in [0.4, 0.5) is 0 Å². The third kappa shape index (κ3) is 2.92. The maximum absolute atomic E-state index is 12.0. The van der Waals surface area contributed by atoms with Gasteiger partial charge in [0.2, 0.25) is 0 Å². The summed E-state index contributed by atoms with van der Waals surface area (Å²) in [6.07, 6.45) is 3.36. The Bertz CT molecular complexity index is 586. The fraction of sp³-hybridized carbons (Fsp3) is 0.500. The van der Waals surface area contributed by atoms with Crippen LogP contribution in [-0.4, -0.2) is 27.2 Å². The fourth-order valence-corrected chi connectivity index (χ4v) is 1.84. The number of hydrogen-bond acceptors (Lipinski definition) is 3. The van der Waals surface area contributed by atoms with Gasteiger partial charge in [-0.25, -0.2) is 9.67 Å². The summed E-state index contributed by atoms with van der Waals surface area (Å²) in [5.41, 5.74) is 1.40. The Morgan fingerprint density at radius 1 is 1.32 bits per heavy atom. The summed E-state index contributed by atoms with van der Waals surface area (Å²) in [7, 11) is 0. The number of pyridine rings is 1. The van der Waals surface area contributed by atoms with Crippen LogP contribution in [-0.2, 0) is 0 Å². The molecule has 1 amide bonds. The molecule has 0 fully saturated rings. The van der Waals surface area contributed by atoms with E-state index in [9.17, 15) is 4.79 Å². The Hall–Kier alpha value is -1.91. The summed E-state index contributed by atoms with van der Waals surface area (Å²) in [4.78, 5) is 16.3. The van der Waals surface area contributed by atoms with Crippen molar-refractivity contribution in [1.82, 2.24) is 20.1 Å². The first-order chi connectivity index (χ1) is 8.99. The molecule has 0 radical (unpaired) electrons. The summed E-state index contributed by atoms with van der Waals surface area (Å²) in [6, 6.07) is 2.09. The molecule has 2 aromatic heterocycles. The normalized spacial score (nSPS) is 11.5. The molecule has 0 aliphatic carbocycles. The topological polar surface area (TPSA) is 59.8 Å². The summed E-state index contributed by atoms with van der Waals surface area (Å²) in [5.74, 6) is 0.352. The summed E-state index contributed by atoms with van der Waals surface area (Å²) in [6.45, 7) is 8.90. The van der Waals surface area contributed by atoms with E-state index in [1.165, 1.54) is 0 Å². The second kappa shape index (κ2) is 5.38. The van der Waals surface area contributed by atoms with Gasteiger partial charge in [-0.05, 0) is 25.8 Å². The highest BCUT2D eigenvalue weighted by Gasteiger charge is 2.11. The Kier molecular flexibility index (Phi) is 3.83. The van der Waals surface area contributed by atoms with E-state index in [2.05, 4.69) is 43.1 Å². The largest absolute Gasteiger partial charge is 0.352 e. The number of hydrogen-bond donors (Lipinski definition) is 1. The lowest BCUT2D eigenvalue weighted by molar-refractivity contribution is 0.0949. The third-order valence-electron chi connectivity index (χ3n) is 2.86. The van der Waals surface area contributed by atoms with Gasteiger partial charge >= 0.3 is 0 Å². The molecule has 2 heterocycles. The average Bonchev–Trinajstić information content (AvgIpc) is 2.78. The minimum absolute atomic E-state index is 0.0830. The van der Waals surface area contributed by atoms with E-state index in [4.69, 9.17) is 0 Å². The standard InChI is InChI=1S/C14H20N4O/c1-9(2)6-16-14(19)12-5-11-8-17-18(10(3)4)13(11)15-7-12/h5,7-10H,6H2,1-4H3,(H,16,19). The van der Waals surface area contributed by atoms with Crippen LogP contribution < -0.4 is 5.32 Å². The van der Waals surface area contributed by atoms with Crippen LogP contribution >= 0.6 is 0 Å². The lowest BCUT2D eigenvalue weighted by Gasteiger charge is -2.08. The first kappa shape index (κ1) is 13.5. The average molecular weight is 260 g/mol. The molecule has 0 bridgehead atoms. The molecule has 5 heteroatoms. The summed E-state index contributed by atoms with van der Waals surface area (Å²) < 4.78 is 1.85. The molecule has 0 aliphatic heterocycles. The summed E-state index contributed by atoms with van der Waals surface area (Å²) in [5, 5.41) is 8.07. The number of rotatable bonds is 4. The van der Waals surface area contributed by atoms with E-state index >= 15 is 0 Å². The van der Waals surface area contributed by atoms with Crippen LogP contribution in [0.2, 0.25) is 0 Å². The quantitative estimate of drug-likeness (QED) is 0.918. The maximum atomic E-state index is 12.0. The number of carbonyl (C=O) groups is 1. The van der Waals surface area contributed by atoms with Crippen molar-refractivity contribution in [3.05, 3.63) is 24.0 Å². The maximum Gasteiger partial charge on any atom is 0.252 e. The predicted molar refractivity (Wildman–Crippen MR) is 75.1 cm³/mol. The second-order valence-corrected chi connectivity index (χ2v) is 5.42. The smallest absolute Gasteiger partial charge is 0.252 e. The van der Waals surface area contributed by atoms with E-state index < -0.39 is 0 Å². The van der Waals surface area contributed by atoms with Crippen molar-refractivity contribution in [3.8, 4) is 0 Å². The molecule has 102 valence electrons. The first-order valence-corrected chi connectivity index (χ1v) is 6.60. The van der Waals surface area contributed by atoms with Crippen LogP contribution in [0.25, 0.3) is 11.0 Å². The molecule has 0 aromatic carbocycles. The van der Waals surface area contributed by atoms with Crippen molar-refractivity contribution in [2.75, 3.05) is 6.54 Å². The van der Waals surface area contributed by atoms with Gasteiger partial charge in [0.25, 0.3) is 5.91 Å². The van der Waals surface area contributed by atoms with Crippen molar-refractivity contribution >= 4 is 16.9 Å². The summed E-state index contributed by atoms with van der Waals surface area (Å²) >= 11 is 0. The lowest BCUT2D eigenvalue weighted by atomic mass is 10.2. The molecule has 2 rings (SSSR count). The molecule has 1 N–H and O–H groups in total. The van der Waals surface area contributed by atoms with Crippen molar-refractivity contribution < 1.29 is 4.79 Å². The van der Waals surface area contributed by atoms with Gasteiger partial charge in [0.05, 0.1) is 11.8 Å². The van der Waals surface area contributed by atoms with Crippen molar-refractivity contribution in [1.29, 1.82) is 0 Å². The van der Waals surface area contributed by atoms with Crippen molar-refractivity contribution in [3.63, 3.8) is 0 Å². The minimum Gasteiger partial charge on any atom is -0.352 e. The fourth-order valence-electron chi connectivity index (χ4n) is 1.84. The van der Waals surface area contributed by atoms with E-state index in [1.54, 1.807) is 12.4 Å². The van der Waals surface area contributed by atoms with Gasteiger partial charge in [-0.2, -0.15) is 5.10 Å². The van der Waals surface area contributed by atoms with Crippen LogP contribution in [0.5, 0.6) is 0 Å². The van der Waals surface area contributed by atoms with Gasteiger partial charge in [0.1, 0.15) is 0 Å². The van der Waals surface area contributed by atoms with Crippen molar-refractivity contribution in [2.45, 2.75) is 33.7 Å². The molecule has 0 aliphatic rings. The zero-order chi connectivity index (χ0) is 14.0. The third-order valence-corrected chi connectivity index (χ3v) is 2.86. The molecule has 0 spiro atoms. The van der Waals surface area contributed by atoms with E-state index in [0.29, 0.717) is 18.0 Å². The predicted octanol–water partition coefficient (Wildman–Crippen LogP) is 2.40. The van der Waals surface area contributed by atoms with Crippen LogP contribution in [0, 0.1) is 5.92 Å². The Balaban J connectivity index is 2.25. The van der Waals surface area contributed by atoms with Gasteiger partial charge in [-0.1, -0.05) is 13.8 Å². The number of carbonyl (C=O) groups excluding carboxylic acids is 1. The molecule has 0 atom stereocenters. The van der Waals surface area contributed by atoms with Crippen molar-refractivity contribution in [2.24, 2.45) is 5.92 Å². The number of aromatic nitrogens is 3. The molecule has 0 unspecified atom stereocenters. The molecule has 19 heavy (non-hydrogen) atoms.